The number of halogens is 1. The Morgan fingerprint density at radius 2 is 1.85 bits per heavy atom. The summed E-state index contributed by atoms with van der Waals surface area (Å²) in [5.41, 5.74) is 6.97. The van der Waals surface area contributed by atoms with Crippen LogP contribution in [0.3, 0.4) is 0 Å². The average molecular weight is 495 g/mol. The van der Waals surface area contributed by atoms with Crippen LogP contribution in [0.25, 0.3) is 5.70 Å². The summed E-state index contributed by atoms with van der Waals surface area (Å²) >= 11 is 8.05. The second-order valence-corrected chi connectivity index (χ2v) is 10.3. The van der Waals surface area contributed by atoms with E-state index >= 15 is 0 Å². The van der Waals surface area contributed by atoms with Gasteiger partial charge in [-0.3, -0.25) is 0 Å². The number of allylic oxidation sites excluding steroid dienone is 3. The number of hydrogen-bond donors (Lipinski definition) is 6. The second kappa shape index (κ2) is 10.7. The molecule has 6 N–H and O–H groups in total. The minimum atomic E-state index is 0.525. The maximum Gasteiger partial charge on any atom is 0.107 e. The average Bonchev–Trinajstić information content (AvgIpc) is 3.20. The Morgan fingerprint density at radius 1 is 1.09 bits per heavy atom. The first-order valence-corrected chi connectivity index (χ1v) is 13.2. The van der Waals surface area contributed by atoms with Gasteiger partial charge < -0.3 is 32.0 Å². The van der Waals surface area contributed by atoms with Crippen LogP contribution in [0.15, 0.2) is 64.6 Å². The normalized spacial score (nSPS) is 17.7. The lowest BCUT2D eigenvalue weighted by molar-refractivity contribution is 0.404. The summed E-state index contributed by atoms with van der Waals surface area (Å²) in [7, 11) is 0. The molecule has 0 bridgehead atoms. The highest BCUT2D eigenvalue weighted by Gasteiger charge is 2.23. The first-order valence-electron chi connectivity index (χ1n) is 12.0. The fraction of sp³-hybridized carbons (Fsp3) is 0.346. The summed E-state index contributed by atoms with van der Waals surface area (Å²) in [5.74, 6) is 0.915. The van der Waals surface area contributed by atoms with Gasteiger partial charge in [-0.2, -0.15) is 0 Å². The Kier molecular flexibility index (Phi) is 7.23. The molecule has 5 rings (SSSR count). The van der Waals surface area contributed by atoms with Crippen molar-refractivity contribution in [2.45, 2.75) is 44.6 Å². The summed E-state index contributed by atoms with van der Waals surface area (Å²) < 4.78 is 0. The third-order valence-electron chi connectivity index (χ3n) is 6.57. The van der Waals surface area contributed by atoms with Gasteiger partial charge in [0.05, 0.1) is 27.4 Å². The first kappa shape index (κ1) is 23.0. The molecule has 1 aliphatic heterocycles. The number of benzene rings is 1. The number of anilines is 2. The van der Waals surface area contributed by atoms with Gasteiger partial charge in [0, 0.05) is 42.1 Å². The van der Waals surface area contributed by atoms with Crippen molar-refractivity contribution >= 4 is 45.5 Å². The van der Waals surface area contributed by atoms with Gasteiger partial charge in [0.25, 0.3) is 0 Å². The van der Waals surface area contributed by atoms with Crippen molar-refractivity contribution in [1.29, 1.82) is 5.41 Å². The topological polar surface area (TPSA) is 84.0 Å². The molecule has 1 aromatic carbocycles. The van der Waals surface area contributed by atoms with Crippen LogP contribution >= 0.6 is 22.9 Å². The fourth-order valence-corrected chi connectivity index (χ4v) is 4.99. The molecule has 2 aromatic rings. The number of rotatable bonds is 10. The monoisotopic (exact) mass is 494 g/mol. The SMILES string of the molecule is N=C/C(=C\Nc1cc(C(NC2CNC2)=C2CCC2)cs1)NC(Nc1ccccc1Cl)=C1CCC1. The Labute approximate surface area is 210 Å². The summed E-state index contributed by atoms with van der Waals surface area (Å²) in [4.78, 5) is 0. The zero-order chi connectivity index (χ0) is 23.3. The molecule has 34 heavy (non-hydrogen) atoms. The molecule has 0 atom stereocenters. The van der Waals surface area contributed by atoms with E-state index in [1.165, 1.54) is 54.3 Å². The molecule has 1 saturated heterocycles. The Hall–Kier alpha value is -2.74. The lowest BCUT2D eigenvalue weighted by Gasteiger charge is -2.33. The lowest BCUT2D eigenvalue weighted by atomic mass is 9.88. The van der Waals surface area contributed by atoms with Crippen LogP contribution in [0.1, 0.15) is 44.1 Å². The quantitative estimate of drug-likeness (QED) is 0.233. The van der Waals surface area contributed by atoms with Gasteiger partial charge in [0.15, 0.2) is 0 Å². The molecule has 0 unspecified atom stereocenters. The molecular formula is C26H31ClN6S. The Balaban J connectivity index is 1.28. The highest BCUT2D eigenvalue weighted by atomic mass is 35.5. The van der Waals surface area contributed by atoms with Crippen LogP contribution in [0.4, 0.5) is 10.7 Å². The molecule has 1 aromatic heterocycles. The molecule has 0 spiro atoms. The Morgan fingerprint density at radius 3 is 2.47 bits per heavy atom. The van der Waals surface area contributed by atoms with E-state index < -0.39 is 0 Å². The summed E-state index contributed by atoms with van der Waals surface area (Å²) in [6.07, 6.45) is 10.2. The zero-order valence-electron chi connectivity index (χ0n) is 19.1. The maximum absolute atomic E-state index is 7.93. The van der Waals surface area contributed by atoms with Crippen molar-refractivity contribution in [2.24, 2.45) is 0 Å². The molecule has 0 radical (unpaired) electrons. The van der Waals surface area contributed by atoms with Gasteiger partial charge >= 0.3 is 0 Å². The number of nitrogens with one attached hydrogen (secondary N) is 6. The van der Waals surface area contributed by atoms with E-state index in [2.05, 4.69) is 38.0 Å². The van der Waals surface area contributed by atoms with Crippen molar-refractivity contribution in [3.63, 3.8) is 0 Å². The van der Waals surface area contributed by atoms with E-state index in [9.17, 15) is 0 Å². The second-order valence-electron chi connectivity index (χ2n) is 8.98. The van der Waals surface area contributed by atoms with Gasteiger partial charge in [0.2, 0.25) is 0 Å². The molecule has 2 heterocycles. The van der Waals surface area contributed by atoms with Crippen LogP contribution in [0.2, 0.25) is 5.02 Å². The smallest absolute Gasteiger partial charge is 0.107 e. The Bertz CT molecular complexity index is 1130. The third-order valence-corrected chi connectivity index (χ3v) is 7.76. The highest BCUT2D eigenvalue weighted by Crippen LogP contribution is 2.35. The van der Waals surface area contributed by atoms with Gasteiger partial charge in [-0.15, -0.1) is 11.3 Å². The van der Waals surface area contributed by atoms with Crippen LogP contribution in [-0.4, -0.2) is 25.3 Å². The van der Waals surface area contributed by atoms with E-state index in [0.717, 1.165) is 42.4 Å². The van der Waals surface area contributed by atoms with Crippen molar-refractivity contribution in [1.82, 2.24) is 16.0 Å². The minimum absolute atomic E-state index is 0.525. The predicted octanol–water partition coefficient (Wildman–Crippen LogP) is 5.86. The third kappa shape index (κ3) is 5.32. The molecular weight excluding hydrogens is 464 g/mol. The molecule has 3 fully saturated rings. The largest absolute Gasteiger partial charge is 0.379 e. The number of thiophene rings is 1. The van der Waals surface area contributed by atoms with E-state index in [4.69, 9.17) is 17.0 Å². The van der Waals surface area contributed by atoms with Crippen molar-refractivity contribution in [3.05, 3.63) is 75.2 Å². The predicted molar refractivity (Wildman–Crippen MR) is 144 cm³/mol. The van der Waals surface area contributed by atoms with E-state index in [-0.39, 0.29) is 0 Å². The van der Waals surface area contributed by atoms with Crippen LogP contribution in [0.5, 0.6) is 0 Å². The standard InChI is InChI=1S/C26H31ClN6S/c27-22-9-1-2-10-23(22)33-26(18-7-4-8-18)32-20(12-28)15-30-24-11-19(16-34-24)25(17-5-3-6-17)31-21-13-29-14-21/h1-2,9-12,15-16,21,28-33H,3-8,13-14H2/b20-15+,28-12?. The fourth-order valence-electron chi connectivity index (χ4n) is 4.05. The van der Waals surface area contributed by atoms with Crippen LogP contribution in [-0.2, 0) is 0 Å². The number of hydrogen-bond acceptors (Lipinski definition) is 7. The first-order chi connectivity index (χ1) is 16.7. The molecule has 8 heteroatoms. The highest BCUT2D eigenvalue weighted by molar-refractivity contribution is 7.14. The van der Waals surface area contributed by atoms with Gasteiger partial charge in [-0.25, -0.2) is 0 Å². The molecule has 2 aliphatic carbocycles. The molecule has 2 saturated carbocycles. The maximum atomic E-state index is 7.93. The van der Waals surface area contributed by atoms with Gasteiger partial charge in [-0.05, 0) is 67.9 Å². The summed E-state index contributed by atoms with van der Waals surface area (Å²) in [6, 6.07) is 10.4. The summed E-state index contributed by atoms with van der Waals surface area (Å²) in [6.45, 7) is 2.06. The van der Waals surface area contributed by atoms with E-state index in [1.807, 2.05) is 30.5 Å². The van der Waals surface area contributed by atoms with Crippen molar-refractivity contribution < 1.29 is 0 Å². The molecule has 178 valence electrons. The lowest BCUT2D eigenvalue weighted by Crippen LogP contribution is -2.54. The van der Waals surface area contributed by atoms with E-state index in [1.54, 1.807) is 11.3 Å². The molecule has 6 nitrogen and oxygen atoms in total. The minimum Gasteiger partial charge on any atom is -0.379 e. The summed E-state index contributed by atoms with van der Waals surface area (Å²) in [5, 5.41) is 29.2. The zero-order valence-corrected chi connectivity index (χ0v) is 20.7. The van der Waals surface area contributed by atoms with Crippen LogP contribution in [0, 0.1) is 5.41 Å². The van der Waals surface area contributed by atoms with Crippen molar-refractivity contribution in [2.75, 3.05) is 23.7 Å². The van der Waals surface area contributed by atoms with Gasteiger partial charge in [0.1, 0.15) is 5.82 Å². The molecule has 3 aliphatic rings. The van der Waals surface area contributed by atoms with Gasteiger partial charge in [-0.1, -0.05) is 23.7 Å². The molecule has 0 amide bonds. The van der Waals surface area contributed by atoms with Crippen LogP contribution < -0.4 is 26.6 Å². The van der Waals surface area contributed by atoms with Crippen molar-refractivity contribution in [3.8, 4) is 0 Å². The van der Waals surface area contributed by atoms with E-state index in [0.29, 0.717) is 16.8 Å². The number of para-hydroxylation sites is 1.